The second kappa shape index (κ2) is 8.70. The zero-order valence-corrected chi connectivity index (χ0v) is 21.3. The minimum Gasteiger partial charge on any atom is -0.382 e. The second-order valence-corrected chi connectivity index (χ2v) is 10.3. The molecule has 3 aromatic heterocycles. The van der Waals surface area contributed by atoms with Gasteiger partial charge in [-0.05, 0) is 54.4 Å². The van der Waals surface area contributed by atoms with Gasteiger partial charge in [0.25, 0.3) is 11.8 Å². The smallest absolute Gasteiger partial charge is 0.299 e. The molecule has 1 saturated carbocycles. The molecule has 0 radical (unpaired) electrons. The number of nitrogen functional groups attached to an aromatic ring is 1. The average Bonchev–Trinajstić information content (AvgIpc) is 3.25. The first-order valence-corrected chi connectivity index (χ1v) is 12.5. The van der Waals surface area contributed by atoms with E-state index in [9.17, 15) is 9.59 Å². The van der Waals surface area contributed by atoms with Gasteiger partial charge in [-0.3, -0.25) is 14.0 Å². The summed E-state index contributed by atoms with van der Waals surface area (Å²) in [5.74, 6) is 7.23. The third-order valence-electron chi connectivity index (χ3n) is 7.90. The Kier molecular flexibility index (Phi) is 5.42. The number of rotatable bonds is 4. The molecule has 2 fully saturated rings. The molecule has 6 rings (SSSR count). The number of nitrogens with one attached hydrogen (secondary N) is 1. The number of pyridine rings is 1. The summed E-state index contributed by atoms with van der Waals surface area (Å²) in [5, 5.41) is 2.79. The molecule has 9 heteroatoms. The lowest BCUT2D eigenvalue weighted by Gasteiger charge is -2.28. The van der Waals surface area contributed by atoms with E-state index in [1.54, 1.807) is 43.6 Å². The standard InChI is InChI=1S/C29H27N7O2/c1-4-7-21(37)36-16-19-22(29(19,2)3)24(36)27-34-23(25-26(30)32-14-15-35(25)27)17-9-11-18(12-10-17)28(38)33-20-8-5-6-13-31-20/h5-6,8-15,19,22,24H,16H2,1-3H3,(H2,30,32)(H,31,33,38)/t19?,22?,24-/m0/s1. The third-order valence-corrected chi connectivity index (χ3v) is 7.90. The first-order valence-electron chi connectivity index (χ1n) is 12.5. The number of imidazole rings is 1. The summed E-state index contributed by atoms with van der Waals surface area (Å²) >= 11 is 0. The Morgan fingerprint density at radius 1 is 1.11 bits per heavy atom. The fourth-order valence-electron chi connectivity index (χ4n) is 5.87. The number of anilines is 2. The van der Waals surface area contributed by atoms with Crippen molar-refractivity contribution in [3.63, 3.8) is 0 Å². The van der Waals surface area contributed by atoms with Crippen molar-refractivity contribution < 1.29 is 9.59 Å². The number of hydrogen-bond acceptors (Lipinski definition) is 6. The summed E-state index contributed by atoms with van der Waals surface area (Å²) in [6.45, 7) is 6.80. The number of likely N-dealkylation sites (tertiary alicyclic amines) is 1. The van der Waals surface area contributed by atoms with Crippen LogP contribution in [0.5, 0.6) is 0 Å². The van der Waals surface area contributed by atoms with E-state index in [-0.39, 0.29) is 29.2 Å². The molecule has 2 unspecified atom stereocenters. The summed E-state index contributed by atoms with van der Waals surface area (Å²) < 4.78 is 1.94. The maximum absolute atomic E-state index is 13.0. The molecule has 1 aliphatic heterocycles. The van der Waals surface area contributed by atoms with Crippen LogP contribution in [0, 0.1) is 29.1 Å². The van der Waals surface area contributed by atoms with E-state index >= 15 is 0 Å². The van der Waals surface area contributed by atoms with Crippen molar-refractivity contribution in [2.45, 2.75) is 26.8 Å². The molecule has 4 aromatic rings. The van der Waals surface area contributed by atoms with Crippen molar-refractivity contribution >= 4 is 29.0 Å². The van der Waals surface area contributed by atoms with Gasteiger partial charge in [-0.15, -0.1) is 0 Å². The van der Waals surface area contributed by atoms with Crippen LogP contribution in [0.3, 0.4) is 0 Å². The SMILES string of the molecule is CC#CC(=O)N1CC2C([C@H]1c1nc(-c3ccc(C(=O)Nc4ccccn4)cc3)c3c(N)nccn13)C2(C)C. The topological polar surface area (TPSA) is 119 Å². The minimum atomic E-state index is -0.258. The number of nitrogens with zero attached hydrogens (tertiary/aromatic N) is 5. The van der Waals surface area contributed by atoms with Gasteiger partial charge in [-0.1, -0.05) is 38.0 Å². The van der Waals surface area contributed by atoms with Gasteiger partial charge in [0.2, 0.25) is 0 Å². The Balaban J connectivity index is 1.40. The van der Waals surface area contributed by atoms with Crippen LogP contribution >= 0.6 is 0 Å². The number of aromatic nitrogens is 4. The van der Waals surface area contributed by atoms with Crippen LogP contribution in [0.4, 0.5) is 11.6 Å². The zero-order valence-electron chi connectivity index (χ0n) is 21.3. The molecule has 3 atom stereocenters. The molecular formula is C29H27N7O2. The molecule has 2 aliphatic rings. The third kappa shape index (κ3) is 3.68. The number of carbonyl (C=O) groups excluding carboxylic acids is 2. The summed E-state index contributed by atoms with van der Waals surface area (Å²) in [6, 6.07) is 12.3. The predicted molar refractivity (Wildman–Crippen MR) is 144 cm³/mol. The molecule has 0 bridgehead atoms. The van der Waals surface area contributed by atoms with E-state index < -0.39 is 0 Å². The number of fused-ring (bicyclic) bond motifs is 2. The van der Waals surface area contributed by atoms with Gasteiger partial charge in [-0.2, -0.15) is 0 Å². The van der Waals surface area contributed by atoms with Crippen LogP contribution in [-0.2, 0) is 4.79 Å². The molecule has 9 nitrogen and oxygen atoms in total. The fraction of sp³-hybridized carbons (Fsp3) is 0.276. The van der Waals surface area contributed by atoms with Crippen LogP contribution < -0.4 is 11.1 Å². The van der Waals surface area contributed by atoms with Gasteiger partial charge >= 0.3 is 0 Å². The molecule has 2 amide bonds. The van der Waals surface area contributed by atoms with E-state index in [2.05, 4.69) is 41.0 Å². The molecule has 1 aromatic carbocycles. The molecule has 1 saturated heterocycles. The van der Waals surface area contributed by atoms with E-state index in [1.807, 2.05) is 33.7 Å². The van der Waals surface area contributed by atoms with Crippen LogP contribution in [0.1, 0.15) is 43.0 Å². The van der Waals surface area contributed by atoms with Crippen molar-refractivity contribution in [3.8, 4) is 23.1 Å². The molecule has 3 N–H and O–H groups in total. The fourth-order valence-corrected chi connectivity index (χ4v) is 5.87. The highest BCUT2D eigenvalue weighted by atomic mass is 16.2. The van der Waals surface area contributed by atoms with Gasteiger partial charge in [0.05, 0.1) is 6.04 Å². The van der Waals surface area contributed by atoms with Crippen LogP contribution in [-0.4, -0.2) is 42.6 Å². The van der Waals surface area contributed by atoms with E-state index in [0.29, 0.717) is 40.9 Å². The highest BCUT2D eigenvalue weighted by Crippen LogP contribution is 2.69. The summed E-state index contributed by atoms with van der Waals surface area (Å²) in [7, 11) is 0. The first-order chi connectivity index (χ1) is 18.3. The molecule has 4 heterocycles. The van der Waals surface area contributed by atoms with Gasteiger partial charge in [0, 0.05) is 36.3 Å². The maximum Gasteiger partial charge on any atom is 0.299 e. The molecule has 190 valence electrons. The van der Waals surface area contributed by atoms with Gasteiger partial charge in [-0.25, -0.2) is 15.0 Å². The average molecular weight is 506 g/mol. The van der Waals surface area contributed by atoms with E-state index in [1.165, 1.54) is 0 Å². The highest BCUT2D eigenvalue weighted by molar-refractivity contribution is 6.04. The maximum atomic E-state index is 13.0. The highest BCUT2D eigenvalue weighted by Gasteiger charge is 2.68. The van der Waals surface area contributed by atoms with Crippen LogP contribution in [0.25, 0.3) is 16.8 Å². The van der Waals surface area contributed by atoms with Crippen LogP contribution in [0.15, 0.2) is 61.1 Å². The van der Waals surface area contributed by atoms with Crippen molar-refractivity contribution in [2.24, 2.45) is 17.3 Å². The number of piperidine rings is 1. The van der Waals surface area contributed by atoms with Gasteiger partial charge in [0.1, 0.15) is 28.7 Å². The Hall–Kier alpha value is -4.71. The normalized spacial score (nSPS) is 20.9. The summed E-state index contributed by atoms with van der Waals surface area (Å²) in [4.78, 5) is 41.0. The number of amides is 2. The molecule has 0 spiro atoms. The van der Waals surface area contributed by atoms with Crippen molar-refractivity contribution in [2.75, 3.05) is 17.6 Å². The van der Waals surface area contributed by atoms with Crippen molar-refractivity contribution in [1.82, 2.24) is 24.3 Å². The Morgan fingerprint density at radius 3 is 2.61 bits per heavy atom. The van der Waals surface area contributed by atoms with Crippen LogP contribution in [0.2, 0.25) is 0 Å². The Morgan fingerprint density at radius 2 is 1.89 bits per heavy atom. The summed E-state index contributed by atoms with van der Waals surface area (Å²) in [6.07, 6.45) is 5.10. The lowest BCUT2D eigenvalue weighted by Crippen LogP contribution is -2.35. The van der Waals surface area contributed by atoms with E-state index in [4.69, 9.17) is 10.7 Å². The van der Waals surface area contributed by atoms with Crippen molar-refractivity contribution in [3.05, 3.63) is 72.4 Å². The predicted octanol–water partition coefficient (Wildman–Crippen LogP) is 3.80. The number of nitrogens with two attached hydrogens (primary N) is 1. The lowest BCUT2D eigenvalue weighted by atomic mass is 10.0. The van der Waals surface area contributed by atoms with E-state index in [0.717, 1.165) is 11.4 Å². The molecule has 1 aliphatic carbocycles. The number of benzene rings is 1. The number of carbonyl (C=O) groups is 2. The minimum absolute atomic E-state index is 0.105. The largest absolute Gasteiger partial charge is 0.382 e. The van der Waals surface area contributed by atoms with Crippen molar-refractivity contribution in [1.29, 1.82) is 0 Å². The quantitative estimate of drug-likeness (QED) is 0.407. The zero-order chi connectivity index (χ0) is 26.6. The Bertz CT molecular complexity index is 1630. The molecule has 38 heavy (non-hydrogen) atoms. The summed E-state index contributed by atoms with van der Waals surface area (Å²) in [5.41, 5.74) is 9.07. The Labute approximate surface area is 220 Å². The number of hydrogen-bond donors (Lipinski definition) is 2. The monoisotopic (exact) mass is 505 g/mol. The molecular weight excluding hydrogens is 478 g/mol. The van der Waals surface area contributed by atoms with Gasteiger partial charge in [0.15, 0.2) is 0 Å². The lowest BCUT2D eigenvalue weighted by molar-refractivity contribution is -0.127. The second-order valence-electron chi connectivity index (χ2n) is 10.3. The van der Waals surface area contributed by atoms with Gasteiger partial charge < -0.3 is 16.0 Å². The first kappa shape index (κ1) is 23.7.